The summed E-state index contributed by atoms with van der Waals surface area (Å²) in [5.41, 5.74) is 3.55. The molecule has 0 radical (unpaired) electrons. The fraction of sp³-hybridized carbons (Fsp3) is 0.273. The first-order valence-corrected chi connectivity index (χ1v) is 12.4. The Morgan fingerprint density at radius 2 is 1.68 bits per heavy atom. The van der Waals surface area contributed by atoms with Crippen molar-refractivity contribution in [1.82, 2.24) is 34.7 Å². The van der Waals surface area contributed by atoms with Crippen LogP contribution in [0.15, 0.2) is 46.2 Å². The van der Waals surface area contributed by atoms with Crippen molar-refractivity contribution < 1.29 is 4.21 Å². The highest BCUT2D eigenvalue weighted by Gasteiger charge is 2.17. The molecular formula is C22H26N10OS. The van der Waals surface area contributed by atoms with Crippen LogP contribution in [0.3, 0.4) is 0 Å². The molecule has 11 nitrogen and oxygen atoms in total. The summed E-state index contributed by atoms with van der Waals surface area (Å²) in [4.78, 5) is 22.2. The minimum Gasteiger partial charge on any atom is -0.325 e. The first kappa shape index (κ1) is 23.2. The number of rotatable bonds is 6. The van der Waals surface area contributed by atoms with E-state index in [4.69, 9.17) is 0 Å². The molecule has 4 aromatic heterocycles. The number of aryl methyl sites for hydroxylation is 3. The van der Waals surface area contributed by atoms with Crippen LogP contribution >= 0.6 is 0 Å². The Bertz CT molecular complexity index is 1470. The lowest BCUT2D eigenvalue weighted by atomic mass is 10.1. The van der Waals surface area contributed by atoms with Crippen LogP contribution in [0.2, 0.25) is 0 Å². The molecule has 1 atom stereocenters. The molecule has 12 heteroatoms. The Kier molecular flexibility index (Phi) is 6.24. The van der Waals surface area contributed by atoms with Crippen LogP contribution in [0.5, 0.6) is 0 Å². The fourth-order valence-electron chi connectivity index (χ4n) is 3.38. The first-order chi connectivity index (χ1) is 16.2. The normalized spacial score (nSPS) is 12.8. The Morgan fingerprint density at radius 1 is 0.941 bits per heavy atom. The number of pyridine rings is 1. The zero-order valence-electron chi connectivity index (χ0n) is 19.9. The number of anilines is 4. The van der Waals surface area contributed by atoms with Gasteiger partial charge in [0.15, 0.2) is 0 Å². The van der Waals surface area contributed by atoms with Crippen molar-refractivity contribution >= 4 is 33.0 Å². The molecule has 34 heavy (non-hydrogen) atoms. The van der Waals surface area contributed by atoms with E-state index in [9.17, 15) is 4.21 Å². The molecule has 0 saturated carbocycles. The topological polar surface area (TPSA) is 136 Å². The molecule has 0 amide bonds. The van der Waals surface area contributed by atoms with Gasteiger partial charge in [-0.05, 0) is 26.8 Å². The summed E-state index contributed by atoms with van der Waals surface area (Å²) >= 11 is 0. The first-order valence-electron chi connectivity index (χ1n) is 10.4. The van der Waals surface area contributed by atoms with Crippen molar-refractivity contribution in [2.24, 2.45) is 11.4 Å². The molecule has 0 fully saturated rings. The highest BCUT2D eigenvalue weighted by atomic mass is 32.2. The van der Waals surface area contributed by atoms with Crippen LogP contribution in [0.25, 0.3) is 11.1 Å². The molecule has 2 N–H and O–H groups in total. The van der Waals surface area contributed by atoms with Gasteiger partial charge in [-0.15, -0.1) is 0 Å². The molecule has 0 aliphatic heterocycles. The second kappa shape index (κ2) is 9.14. The van der Waals surface area contributed by atoms with Gasteiger partial charge in [-0.3, -0.25) is 4.68 Å². The molecule has 4 heterocycles. The molecule has 0 aromatic carbocycles. The van der Waals surface area contributed by atoms with E-state index in [0.717, 1.165) is 22.5 Å². The number of hydrogen-bond acceptors (Lipinski definition) is 10. The number of nitrogens with zero attached hydrogens (tertiary/aromatic N) is 8. The van der Waals surface area contributed by atoms with Gasteiger partial charge in [0.1, 0.15) is 35.4 Å². The van der Waals surface area contributed by atoms with Crippen LogP contribution < -0.4 is 10.6 Å². The Hall–Kier alpha value is -3.93. The maximum atomic E-state index is 13.3. The largest absolute Gasteiger partial charge is 0.325 e. The van der Waals surface area contributed by atoms with Crippen molar-refractivity contribution in [3.63, 3.8) is 0 Å². The highest BCUT2D eigenvalue weighted by molar-refractivity contribution is 7.93. The monoisotopic (exact) mass is 478 g/mol. The lowest BCUT2D eigenvalue weighted by Crippen LogP contribution is -2.07. The number of nitrogens with one attached hydrogen (secondary N) is 2. The molecule has 4 aromatic rings. The predicted octanol–water partition coefficient (Wildman–Crippen LogP) is 3.56. The lowest BCUT2D eigenvalue weighted by molar-refractivity contribution is 0.680. The van der Waals surface area contributed by atoms with E-state index in [1.54, 1.807) is 29.4 Å². The van der Waals surface area contributed by atoms with Crippen LogP contribution in [0, 0.1) is 20.8 Å². The SMILES string of the molecule is CN=S(C)(=O)c1cc(-c2cnn(C)c2C)cnc1Nc1cc(Nc2cc(C)nc(C)n2)ncn1. The van der Waals surface area contributed by atoms with E-state index < -0.39 is 9.73 Å². The Morgan fingerprint density at radius 3 is 2.32 bits per heavy atom. The maximum Gasteiger partial charge on any atom is 0.148 e. The van der Waals surface area contributed by atoms with Gasteiger partial charge in [0, 0.05) is 61.2 Å². The van der Waals surface area contributed by atoms with Gasteiger partial charge in [0.05, 0.1) is 20.8 Å². The standard InChI is InChI=1S/C22H26N10OS/c1-13-7-21(29-15(3)28-13)30-19-9-20(26-12-25-19)31-22-18(34(6,33)23-4)8-16(10-24-22)17-11-27-32(5)14(17)2/h7-12H,1-6H3,(H2,24,25,26,28,29,30,31). The molecule has 0 aliphatic carbocycles. The van der Waals surface area contributed by atoms with Gasteiger partial charge in [-0.1, -0.05) is 0 Å². The predicted molar refractivity (Wildman–Crippen MR) is 132 cm³/mol. The van der Waals surface area contributed by atoms with Crippen LogP contribution in [-0.2, 0) is 16.8 Å². The Labute approximate surface area is 198 Å². The van der Waals surface area contributed by atoms with E-state index in [1.165, 1.54) is 13.4 Å². The average molecular weight is 479 g/mol. The van der Waals surface area contributed by atoms with E-state index in [2.05, 4.69) is 45.0 Å². The number of hydrogen-bond donors (Lipinski definition) is 2. The lowest BCUT2D eigenvalue weighted by Gasteiger charge is -2.14. The molecule has 4 rings (SSSR count). The van der Waals surface area contributed by atoms with Crippen molar-refractivity contribution in [3.8, 4) is 11.1 Å². The molecule has 1 unspecified atom stereocenters. The van der Waals surface area contributed by atoms with Gasteiger partial charge in [-0.25, -0.2) is 33.5 Å². The zero-order valence-corrected chi connectivity index (χ0v) is 20.7. The van der Waals surface area contributed by atoms with Gasteiger partial charge in [0.25, 0.3) is 0 Å². The van der Waals surface area contributed by atoms with E-state index in [0.29, 0.717) is 34.0 Å². The fourth-order valence-corrected chi connectivity index (χ4v) is 4.39. The summed E-state index contributed by atoms with van der Waals surface area (Å²) < 4.78 is 19.2. The average Bonchev–Trinajstić information content (AvgIpc) is 3.12. The third-order valence-electron chi connectivity index (χ3n) is 5.29. The second-order valence-corrected chi connectivity index (χ2v) is 10.2. The molecular weight excluding hydrogens is 452 g/mol. The summed E-state index contributed by atoms with van der Waals surface area (Å²) in [6.07, 6.45) is 6.49. The molecule has 0 aliphatic rings. The van der Waals surface area contributed by atoms with Crippen LogP contribution in [0.4, 0.5) is 23.3 Å². The summed E-state index contributed by atoms with van der Waals surface area (Å²) in [7, 11) is 0.701. The third kappa shape index (κ3) is 4.86. The Balaban J connectivity index is 1.69. The minimum absolute atomic E-state index is 0.404. The third-order valence-corrected chi connectivity index (χ3v) is 7.12. The number of aromatic nitrogens is 7. The zero-order chi connectivity index (χ0) is 24.5. The molecule has 0 spiro atoms. The van der Waals surface area contributed by atoms with Gasteiger partial charge in [0.2, 0.25) is 0 Å². The van der Waals surface area contributed by atoms with Crippen molar-refractivity contribution in [2.45, 2.75) is 25.7 Å². The second-order valence-electron chi connectivity index (χ2n) is 7.80. The summed E-state index contributed by atoms with van der Waals surface area (Å²) in [5, 5.41) is 10.6. The van der Waals surface area contributed by atoms with Crippen molar-refractivity contribution in [2.75, 3.05) is 23.9 Å². The minimum atomic E-state index is -2.71. The summed E-state index contributed by atoms with van der Waals surface area (Å²) in [5.74, 6) is 2.71. The van der Waals surface area contributed by atoms with Gasteiger partial charge < -0.3 is 10.6 Å². The van der Waals surface area contributed by atoms with E-state index in [1.807, 2.05) is 40.0 Å². The quantitative estimate of drug-likeness (QED) is 0.426. The van der Waals surface area contributed by atoms with Crippen LogP contribution in [0.1, 0.15) is 17.2 Å². The maximum absolute atomic E-state index is 13.3. The van der Waals surface area contributed by atoms with Crippen LogP contribution in [-0.4, -0.2) is 52.2 Å². The van der Waals surface area contributed by atoms with E-state index in [-0.39, 0.29) is 0 Å². The van der Waals surface area contributed by atoms with Crippen molar-refractivity contribution in [3.05, 3.63) is 54.1 Å². The molecule has 0 saturated heterocycles. The smallest absolute Gasteiger partial charge is 0.148 e. The molecule has 176 valence electrons. The van der Waals surface area contributed by atoms with Gasteiger partial charge >= 0.3 is 0 Å². The van der Waals surface area contributed by atoms with Crippen molar-refractivity contribution in [1.29, 1.82) is 0 Å². The molecule has 0 bridgehead atoms. The summed E-state index contributed by atoms with van der Waals surface area (Å²) in [6, 6.07) is 5.38. The van der Waals surface area contributed by atoms with E-state index >= 15 is 0 Å². The van der Waals surface area contributed by atoms with Gasteiger partial charge in [-0.2, -0.15) is 5.10 Å². The highest BCUT2D eigenvalue weighted by Crippen LogP contribution is 2.30. The summed E-state index contributed by atoms with van der Waals surface area (Å²) in [6.45, 7) is 5.70.